The number of nitrogens with zero attached hydrogens (tertiary/aromatic N) is 2. The molecule has 0 N–H and O–H groups in total. The van der Waals surface area contributed by atoms with E-state index in [0.29, 0.717) is 46.5 Å². The number of fused-ring (bicyclic) bond motifs is 1. The monoisotopic (exact) mass is 566 g/mol. The fraction of sp³-hybridized carbons (Fsp3) is 0.258. The van der Waals surface area contributed by atoms with Gasteiger partial charge < -0.3 is 9.47 Å². The third kappa shape index (κ3) is 6.07. The van der Waals surface area contributed by atoms with E-state index in [1.54, 1.807) is 30.3 Å². The summed E-state index contributed by atoms with van der Waals surface area (Å²) in [5.41, 5.74) is 1.10. The van der Waals surface area contributed by atoms with Crippen LogP contribution in [-0.4, -0.2) is 61.7 Å². The van der Waals surface area contributed by atoms with Gasteiger partial charge in [-0.2, -0.15) is 13.2 Å². The zero-order valence-corrected chi connectivity index (χ0v) is 22.1. The molecule has 1 aliphatic heterocycles. The molecule has 0 saturated carbocycles. The van der Waals surface area contributed by atoms with Gasteiger partial charge in [0.1, 0.15) is 12.4 Å². The van der Waals surface area contributed by atoms with Crippen LogP contribution in [0.3, 0.4) is 0 Å². The maximum Gasteiger partial charge on any atom is 0.416 e. The maximum absolute atomic E-state index is 13.9. The number of carbonyl (C=O) groups is 2. The van der Waals surface area contributed by atoms with Crippen LogP contribution in [0.15, 0.2) is 72.9 Å². The van der Waals surface area contributed by atoms with Crippen molar-refractivity contribution in [1.82, 2.24) is 9.88 Å². The average molecular weight is 567 g/mol. The van der Waals surface area contributed by atoms with Crippen molar-refractivity contribution in [3.8, 4) is 16.9 Å². The second-order valence-electron chi connectivity index (χ2n) is 9.83. The molecule has 41 heavy (non-hydrogen) atoms. The third-order valence-corrected chi connectivity index (χ3v) is 7.08. The lowest BCUT2D eigenvalue weighted by Gasteiger charge is -2.37. The Balaban J connectivity index is 1.46. The van der Waals surface area contributed by atoms with Crippen LogP contribution in [-0.2, 0) is 10.9 Å². The zero-order chi connectivity index (χ0) is 29.1. The molecular weight excluding hydrogens is 540 g/mol. The summed E-state index contributed by atoms with van der Waals surface area (Å²) < 4.78 is 62.7. The number of benzene rings is 3. The number of ether oxygens (including phenoxy) is 2. The molecule has 1 fully saturated rings. The van der Waals surface area contributed by atoms with Crippen molar-refractivity contribution >= 4 is 22.7 Å². The second kappa shape index (κ2) is 11.7. The number of rotatable bonds is 9. The molecule has 0 radical (unpaired) electrons. The van der Waals surface area contributed by atoms with E-state index in [4.69, 9.17) is 9.47 Å². The summed E-state index contributed by atoms with van der Waals surface area (Å²) in [7, 11) is 1.25. The van der Waals surface area contributed by atoms with Gasteiger partial charge in [-0.15, -0.1) is 0 Å². The number of methoxy groups -OCH3 is 1. The minimum atomic E-state index is -4.50. The summed E-state index contributed by atoms with van der Waals surface area (Å²) in [5.74, 6) is -0.277. The summed E-state index contributed by atoms with van der Waals surface area (Å²) in [6.07, 6.45) is -3.08. The van der Waals surface area contributed by atoms with Gasteiger partial charge in [0.15, 0.2) is 5.78 Å². The predicted molar refractivity (Wildman–Crippen MR) is 145 cm³/mol. The molecule has 0 spiro atoms. The predicted octanol–water partition coefficient (Wildman–Crippen LogP) is 6.22. The number of pyridine rings is 1. The van der Waals surface area contributed by atoms with E-state index in [-0.39, 0.29) is 29.5 Å². The first-order chi connectivity index (χ1) is 19.7. The molecule has 6 nitrogen and oxygen atoms in total. The van der Waals surface area contributed by atoms with Crippen LogP contribution in [0, 0.1) is 5.92 Å². The minimum Gasteiger partial charge on any atom is -0.492 e. The average Bonchev–Trinajstić information content (AvgIpc) is 2.96. The van der Waals surface area contributed by atoms with Gasteiger partial charge in [-0.1, -0.05) is 18.2 Å². The molecule has 3 aromatic carbocycles. The lowest BCUT2D eigenvalue weighted by molar-refractivity contribution is -0.137. The van der Waals surface area contributed by atoms with Gasteiger partial charge in [0.25, 0.3) is 0 Å². The number of aromatic nitrogens is 1. The fourth-order valence-corrected chi connectivity index (χ4v) is 4.84. The molecule has 1 aromatic heterocycles. The highest BCUT2D eigenvalue weighted by Gasteiger charge is 2.30. The number of hydrogen-bond acceptors (Lipinski definition) is 6. The standard InChI is InChI=1S/C31H26F4N2O4/c1-40-30(39)22-6-11-25-27(14-22)36-16-26(20-2-7-23(8-3-20)31(33,34)35)28(25)29(38)21-4-9-24(10-5-21)41-13-12-37-17-19(15-32)18-37/h2-11,14,16,19H,12-13,15,17-18H2,1H3. The number of likely N-dealkylation sites (tertiary alicyclic amines) is 1. The Morgan fingerprint density at radius 1 is 0.976 bits per heavy atom. The molecule has 10 heteroatoms. The molecule has 0 amide bonds. The van der Waals surface area contributed by atoms with Crippen LogP contribution in [0.5, 0.6) is 5.75 Å². The molecule has 1 saturated heterocycles. The zero-order valence-electron chi connectivity index (χ0n) is 22.1. The summed E-state index contributed by atoms with van der Waals surface area (Å²) in [4.78, 5) is 32.5. The quantitative estimate of drug-likeness (QED) is 0.136. The lowest BCUT2D eigenvalue weighted by atomic mass is 9.91. The van der Waals surface area contributed by atoms with Crippen molar-refractivity contribution in [3.63, 3.8) is 0 Å². The first-order valence-electron chi connectivity index (χ1n) is 12.9. The number of esters is 1. The normalized spacial score (nSPS) is 14.1. The Morgan fingerprint density at radius 2 is 1.66 bits per heavy atom. The molecule has 2 heterocycles. The molecule has 0 bridgehead atoms. The molecule has 0 unspecified atom stereocenters. The summed E-state index contributed by atoms with van der Waals surface area (Å²) in [6.45, 7) is 2.21. The number of hydrogen-bond donors (Lipinski definition) is 0. The number of halogens is 4. The van der Waals surface area contributed by atoms with E-state index in [0.717, 1.165) is 25.2 Å². The number of alkyl halides is 4. The van der Waals surface area contributed by atoms with Gasteiger partial charge >= 0.3 is 12.1 Å². The van der Waals surface area contributed by atoms with E-state index in [2.05, 4.69) is 9.88 Å². The van der Waals surface area contributed by atoms with Crippen molar-refractivity contribution in [2.75, 3.05) is 40.0 Å². The topological polar surface area (TPSA) is 68.7 Å². The van der Waals surface area contributed by atoms with Crippen LogP contribution in [0.25, 0.3) is 22.0 Å². The van der Waals surface area contributed by atoms with E-state index in [9.17, 15) is 27.2 Å². The van der Waals surface area contributed by atoms with E-state index >= 15 is 0 Å². The minimum absolute atomic E-state index is 0.101. The van der Waals surface area contributed by atoms with Gasteiger partial charge in [-0.25, -0.2) is 4.79 Å². The smallest absolute Gasteiger partial charge is 0.416 e. The van der Waals surface area contributed by atoms with E-state index in [1.165, 1.54) is 37.6 Å². The van der Waals surface area contributed by atoms with Crippen molar-refractivity contribution in [1.29, 1.82) is 0 Å². The molecule has 1 aliphatic rings. The molecule has 212 valence electrons. The lowest BCUT2D eigenvalue weighted by Crippen LogP contribution is -2.49. The van der Waals surface area contributed by atoms with Crippen LogP contribution in [0.4, 0.5) is 17.6 Å². The van der Waals surface area contributed by atoms with E-state index < -0.39 is 17.7 Å². The van der Waals surface area contributed by atoms with Crippen LogP contribution >= 0.6 is 0 Å². The van der Waals surface area contributed by atoms with Crippen molar-refractivity contribution in [3.05, 3.63) is 95.2 Å². The SMILES string of the molecule is COC(=O)c1ccc2c(C(=O)c3ccc(OCCN4CC(CF)C4)cc3)c(-c3ccc(C(F)(F)F)cc3)cnc2c1. The van der Waals surface area contributed by atoms with Crippen LogP contribution < -0.4 is 4.74 Å². The third-order valence-electron chi connectivity index (χ3n) is 7.08. The first kappa shape index (κ1) is 28.2. The highest BCUT2D eigenvalue weighted by Crippen LogP contribution is 2.35. The van der Waals surface area contributed by atoms with Gasteiger partial charge in [0.2, 0.25) is 0 Å². The van der Waals surface area contributed by atoms with Gasteiger partial charge in [-0.3, -0.25) is 19.1 Å². The summed E-state index contributed by atoms with van der Waals surface area (Å²) in [5, 5.41) is 0.432. The molecule has 0 aliphatic carbocycles. The molecule has 4 aromatic rings. The number of ketones is 1. The van der Waals surface area contributed by atoms with Gasteiger partial charge in [0, 0.05) is 53.8 Å². The molecule has 0 atom stereocenters. The van der Waals surface area contributed by atoms with Gasteiger partial charge in [0.05, 0.1) is 30.4 Å². The second-order valence-corrected chi connectivity index (χ2v) is 9.83. The highest BCUT2D eigenvalue weighted by molar-refractivity contribution is 6.20. The van der Waals surface area contributed by atoms with Gasteiger partial charge in [-0.05, 0) is 54.1 Å². The van der Waals surface area contributed by atoms with Crippen LogP contribution in [0.2, 0.25) is 0 Å². The van der Waals surface area contributed by atoms with Crippen molar-refractivity contribution in [2.45, 2.75) is 6.18 Å². The Labute approximate surface area is 233 Å². The Kier molecular flexibility index (Phi) is 8.03. The summed E-state index contributed by atoms with van der Waals surface area (Å²) in [6, 6.07) is 15.7. The fourth-order valence-electron chi connectivity index (χ4n) is 4.84. The first-order valence-corrected chi connectivity index (χ1v) is 12.9. The largest absolute Gasteiger partial charge is 0.492 e. The molecule has 5 rings (SSSR count). The van der Waals surface area contributed by atoms with Crippen LogP contribution in [0.1, 0.15) is 31.8 Å². The Morgan fingerprint density at radius 3 is 2.29 bits per heavy atom. The van der Waals surface area contributed by atoms with E-state index in [1.807, 2.05) is 0 Å². The highest BCUT2D eigenvalue weighted by atomic mass is 19.4. The number of carbonyl (C=O) groups excluding carboxylic acids is 2. The molecular formula is C31H26F4N2O4. The van der Waals surface area contributed by atoms with Crippen molar-refractivity contribution < 1.29 is 36.6 Å². The Hall–Kier alpha value is -4.31. The van der Waals surface area contributed by atoms with Crippen molar-refractivity contribution in [2.24, 2.45) is 5.92 Å². The maximum atomic E-state index is 13.9. The Bertz CT molecular complexity index is 1560. The summed E-state index contributed by atoms with van der Waals surface area (Å²) >= 11 is 0.